The highest BCUT2D eigenvalue weighted by atomic mass is 16.4. The van der Waals surface area contributed by atoms with E-state index in [0.717, 1.165) is 32.4 Å². The van der Waals surface area contributed by atoms with Crippen molar-refractivity contribution >= 4 is 5.97 Å². The Labute approximate surface area is 150 Å². The van der Waals surface area contributed by atoms with E-state index in [-0.39, 0.29) is 0 Å². The van der Waals surface area contributed by atoms with Crippen molar-refractivity contribution in [2.24, 2.45) is 5.73 Å². The summed E-state index contributed by atoms with van der Waals surface area (Å²) in [6.07, 6.45) is 19.3. The third-order valence-corrected chi connectivity index (χ3v) is 4.55. The third kappa shape index (κ3) is 21.4. The van der Waals surface area contributed by atoms with Gasteiger partial charge in [0.05, 0.1) is 0 Å². The summed E-state index contributed by atoms with van der Waals surface area (Å²) in [5.74, 6) is -0.659. The fourth-order valence-electron chi connectivity index (χ4n) is 2.99. The van der Waals surface area contributed by atoms with Gasteiger partial charge in [0.1, 0.15) is 0 Å². The molecule has 4 nitrogen and oxygen atoms in total. The van der Waals surface area contributed by atoms with Crippen molar-refractivity contribution in [3.05, 3.63) is 0 Å². The molecule has 0 aliphatic rings. The van der Waals surface area contributed by atoms with Crippen LogP contribution in [0.2, 0.25) is 0 Å². The summed E-state index contributed by atoms with van der Waals surface area (Å²) in [4.78, 5) is 10.4. The van der Waals surface area contributed by atoms with Gasteiger partial charge < -0.3 is 16.2 Å². The number of carboxylic acid groups (broad SMARTS) is 1. The van der Waals surface area contributed by atoms with Gasteiger partial charge in [-0.15, -0.1) is 0 Å². The normalized spacial score (nSPS) is 11.0. The minimum atomic E-state index is -0.659. The van der Waals surface area contributed by atoms with Crippen molar-refractivity contribution in [3.8, 4) is 0 Å². The van der Waals surface area contributed by atoms with Crippen LogP contribution in [-0.4, -0.2) is 30.7 Å². The van der Waals surface area contributed by atoms with Gasteiger partial charge in [-0.1, -0.05) is 70.6 Å². The molecule has 0 fully saturated rings. The summed E-state index contributed by atoms with van der Waals surface area (Å²) in [5.41, 5.74) is 5.47. The summed E-state index contributed by atoms with van der Waals surface area (Å²) in [5, 5.41) is 12.1. The minimum Gasteiger partial charge on any atom is -0.481 e. The lowest BCUT2D eigenvalue weighted by atomic mass is 10.0. The lowest BCUT2D eigenvalue weighted by Gasteiger charge is -2.05. The van der Waals surface area contributed by atoms with Gasteiger partial charge in [-0.3, -0.25) is 4.79 Å². The van der Waals surface area contributed by atoms with Crippen molar-refractivity contribution < 1.29 is 9.90 Å². The Morgan fingerprint density at radius 2 is 1.00 bits per heavy atom. The molecule has 0 radical (unpaired) electrons. The summed E-state index contributed by atoms with van der Waals surface area (Å²) >= 11 is 0. The van der Waals surface area contributed by atoms with Gasteiger partial charge in [-0.25, -0.2) is 0 Å². The molecule has 0 aliphatic heterocycles. The second-order valence-corrected chi connectivity index (χ2v) is 6.99. The number of nitrogens with one attached hydrogen (secondary N) is 1. The van der Waals surface area contributed by atoms with Gasteiger partial charge in [-0.2, -0.15) is 0 Å². The van der Waals surface area contributed by atoms with Crippen LogP contribution in [0.4, 0.5) is 0 Å². The van der Waals surface area contributed by atoms with Crippen LogP contribution in [-0.2, 0) is 4.79 Å². The van der Waals surface area contributed by atoms with E-state index in [4.69, 9.17) is 10.8 Å². The Morgan fingerprint density at radius 3 is 1.42 bits per heavy atom. The van der Waals surface area contributed by atoms with Crippen LogP contribution in [0, 0.1) is 0 Å². The lowest BCUT2D eigenvalue weighted by Crippen LogP contribution is -2.16. The van der Waals surface area contributed by atoms with E-state index in [9.17, 15) is 4.79 Å². The number of rotatable bonds is 20. The first-order valence-corrected chi connectivity index (χ1v) is 10.4. The van der Waals surface area contributed by atoms with E-state index in [0.29, 0.717) is 6.42 Å². The lowest BCUT2D eigenvalue weighted by molar-refractivity contribution is -0.137. The maximum atomic E-state index is 10.4. The van der Waals surface area contributed by atoms with Crippen molar-refractivity contribution in [1.29, 1.82) is 0 Å². The quantitative estimate of drug-likeness (QED) is 0.276. The summed E-state index contributed by atoms with van der Waals surface area (Å²) in [6.45, 7) is 3.15. The second-order valence-electron chi connectivity index (χ2n) is 6.99. The zero-order valence-corrected chi connectivity index (χ0v) is 15.9. The monoisotopic (exact) mass is 342 g/mol. The Kier molecular flexibility index (Phi) is 19.9. The summed E-state index contributed by atoms with van der Waals surface area (Å²) < 4.78 is 0. The molecular weight excluding hydrogens is 300 g/mol. The molecule has 144 valence electrons. The first kappa shape index (κ1) is 23.4. The molecule has 0 saturated heterocycles. The van der Waals surface area contributed by atoms with Crippen LogP contribution in [0.15, 0.2) is 0 Å². The topological polar surface area (TPSA) is 75.3 Å². The van der Waals surface area contributed by atoms with E-state index in [1.165, 1.54) is 83.6 Å². The molecule has 0 saturated carbocycles. The Bertz CT molecular complexity index is 260. The van der Waals surface area contributed by atoms with E-state index in [2.05, 4.69) is 5.32 Å². The van der Waals surface area contributed by atoms with Crippen LogP contribution in [0.5, 0.6) is 0 Å². The molecule has 0 aromatic heterocycles. The maximum absolute atomic E-state index is 10.4. The molecule has 0 spiro atoms. The molecule has 0 atom stereocenters. The number of carbonyl (C=O) groups is 1. The fraction of sp³-hybridized carbons (Fsp3) is 0.950. The molecule has 0 aromatic carbocycles. The van der Waals surface area contributed by atoms with Crippen LogP contribution in [0.1, 0.15) is 103 Å². The highest BCUT2D eigenvalue weighted by molar-refractivity contribution is 5.66. The fourth-order valence-corrected chi connectivity index (χ4v) is 2.99. The third-order valence-electron chi connectivity index (χ3n) is 4.55. The molecular formula is C20H42N2O2. The minimum absolute atomic E-state index is 0.337. The Morgan fingerprint density at radius 1 is 0.625 bits per heavy atom. The van der Waals surface area contributed by atoms with Crippen molar-refractivity contribution in [2.45, 2.75) is 103 Å². The van der Waals surface area contributed by atoms with E-state index in [1.807, 2.05) is 0 Å². The largest absolute Gasteiger partial charge is 0.481 e. The Balaban J connectivity index is 2.97. The van der Waals surface area contributed by atoms with Gasteiger partial charge in [0.25, 0.3) is 0 Å². The van der Waals surface area contributed by atoms with Gasteiger partial charge in [0, 0.05) is 6.42 Å². The zero-order valence-electron chi connectivity index (χ0n) is 15.9. The van der Waals surface area contributed by atoms with Crippen LogP contribution >= 0.6 is 0 Å². The average molecular weight is 343 g/mol. The number of hydrogen-bond donors (Lipinski definition) is 3. The van der Waals surface area contributed by atoms with Crippen molar-refractivity contribution in [2.75, 3.05) is 19.6 Å². The SMILES string of the molecule is NCCCCCNCCCCCCCCCCCCCCC(=O)O. The predicted molar refractivity (Wildman–Crippen MR) is 103 cm³/mol. The number of nitrogens with two attached hydrogens (primary N) is 1. The second kappa shape index (κ2) is 20.4. The summed E-state index contributed by atoms with van der Waals surface area (Å²) in [6, 6.07) is 0. The number of carboxylic acids is 1. The highest BCUT2D eigenvalue weighted by Gasteiger charge is 1.97. The van der Waals surface area contributed by atoms with Crippen molar-refractivity contribution in [1.82, 2.24) is 5.32 Å². The van der Waals surface area contributed by atoms with E-state index in [1.54, 1.807) is 0 Å². The predicted octanol–water partition coefficient (Wildman–Crippen LogP) is 4.86. The van der Waals surface area contributed by atoms with Crippen LogP contribution in [0.3, 0.4) is 0 Å². The first-order chi connectivity index (χ1) is 11.8. The number of hydrogen-bond acceptors (Lipinski definition) is 3. The van der Waals surface area contributed by atoms with Crippen LogP contribution < -0.4 is 11.1 Å². The Hall–Kier alpha value is -0.610. The molecule has 24 heavy (non-hydrogen) atoms. The van der Waals surface area contributed by atoms with E-state index >= 15 is 0 Å². The molecule has 0 heterocycles. The highest BCUT2D eigenvalue weighted by Crippen LogP contribution is 2.12. The molecule has 4 N–H and O–H groups in total. The molecule has 0 aromatic rings. The zero-order chi connectivity index (χ0) is 17.7. The smallest absolute Gasteiger partial charge is 0.303 e. The van der Waals surface area contributed by atoms with Gasteiger partial charge in [0.2, 0.25) is 0 Å². The standard InChI is InChI=1S/C20H42N2O2/c21-17-13-11-15-19-22-18-14-10-8-6-4-2-1-3-5-7-9-12-16-20(23)24/h22H,1-19,21H2,(H,23,24). The van der Waals surface area contributed by atoms with Gasteiger partial charge in [-0.05, 0) is 45.3 Å². The molecule has 0 aliphatic carbocycles. The molecule has 0 rings (SSSR count). The molecule has 0 amide bonds. The van der Waals surface area contributed by atoms with Gasteiger partial charge in [0.15, 0.2) is 0 Å². The van der Waals surface area contributed by atoms with E-state index < -0.39 is 5.97 Å². The maximum Gasteiger partial charge on any atom is 0.303 e. The molecule has 4 heteroatoms. The molecule has 0 unspecified atom stereocenters. The summed E-state index contributed by atoms with van der Waals surface area (Å²) in [7, 11) is 0. The average Bonchev–Trinajstić information content (AvgIpc) is 2.56. The number of aliphatic carboxylic acids is 1. The van der Waals surface area contributed by atoms with Gasteiger partial charge >= 0.3 is 5.97 Å². The van der Waals surface area contributed by atoms with Crippen molar-refractivity contribution in [3.63, 3.8) is 0 Å². The number of unbranched alkanes of at least 4 members (excludes halogenated alkanes) is 13. The van der Waals surface area contributed by atoms with Crippen LogP contribution in [0.25, 0.3) is 0 Å². The first-order valence-electron chi connectivity index (χ1n) is 10.4. The molecule has 0 bridgehead atoms.